The number of benzene rings is 8. The van der Waals surface area contributed by atoms with Gasteiger partial charge in [0.15, 0.2) is 17.5 Å². The summed E-state index contributed by atoms with van der Waals surface area (Å²) < 4.78 is 2.41. The minimum Gasteiger partial charge on any atom is -0.309 e. The van der Waals surface area contributed by atoms with E-state index in [9.17, 15) is 0 Å². The van der Waals surface area contributed by atoms with Crippen molar-refractivity contribution in [2.24, 2.45) is 0 Å². The number of para-hydroxylation sites is 1. The molecule has 0 fully saturated rings. The van der Waals surface area contributed by atoms with E-state index in [0.29, 0.717) is 17.5 Å². The van der Waals surface area contributed by atoms with Gasteiger partial charge in [-0.25, -0.2) is 15.0 Å². The third-order valence-electron chi connectivity index (χ3n) is 10.2. The van der Waals surface area contributed by atoms with Gasteiger partial charge in [-0.15, -0.1) is 0 Å². The van der Waals surface area contributed by atoms with Gasteiger partial charge in [-0.3, -0.25) is 0 Å². The van der Waals surface area contributed by atoms with Gasteiger partial charge in [0.25, 0.3) is 0 Å². The molecular weight excluding hydrogens is 669 g/mol. The van der Waals surface area contributed by atoms with Crippen molar-refractivity contribution in [3.8, 4) is 73.2 Å². The van der Waals surface area contributed by atoms with Gasteiger partial charge in [0.05, 0.1) is 11.0 Å². The average Bonchev–Trinajstić information content (AvgIpc) is 3.61. The van der Waals surface area contributed by atoms with Gasteiger partial charge in [-0.1, -0.05) is 170 Å². The topological polar surface area (TPSA) is 43.6 Å². The van der Waals surface area contributed by atoms with Crippen LogP contribution in [0.4, 0.5) is 0 Å². The maximum Gasteiger partial charge on any atom is 0.164 e. The maximum absolute atomic E-state index is 5.00. The Hall–Kier alpha value is -7.43. The van der Waals surface area contributed by atoms with Crippen LogP contribution in [0.3, 0.4) is 0 Å². The van der Waals surface area contributed by atoms with Crippen molar-refractivity contribution in [2.45, 2.75) is 0 Å². The molecule has 2 aromatic heterocycles. The molecule has 55 heavy (non-hydrogen) atoms. The van der Waals surface area contributed by atoms with E-state index in [-0.39, 0.29) is 0 Å². The molecule has 0 unspecified atom stereocenters. The normalized spacial score (nSPS) is 11.3. The van der Waals surface area contributed by atoms with Crippen LogP contribution < -0.4 is 0 Å². The molecule has 0 saturated heterocycles. The summed E-state index contributed by atoms with van der Waals surface area (Å²) in [6.07, 6.45) is 0. The predicted molar refractivity (Wildman–Crippen MR) is 227 cm³/mol. The molecule has 0 aliphatic carbocycles. The number of fused-ring (bicyclic) bond motifs is 3. The third-order valence-corrected chi connectivity index (χ3v) is 10.2. The van der Waals surface area contributed by atoms with Gasteiger partial charge >= 0.3 is 0 Å². The molecule has 0 saturated carbocycles. The Morgan fingerprint density at radius 1 is 0.291 bits per heavy atom. The number of nitrogens with zero attached hydrogens (tertiary/aromatic N) is 4. The number of hydrogen-bond acceptors (Lipinski definition) is 3. The molecular formula is C51H34N4. The molecule has 0 aliphatic heterocycles. The summed E-state index contributed by atoms with van der Waals surface area (Å²) in [6, 6.07) is 72.4. The first-order chi connectivity index (χ1) is 27.3. The highest BCUT2D eigenvalue weighted by Crippen LogP contribution is 2.43. The van der Waals surface area contributed by atoms with Crippen LogP contribution in [0.25, 0.3) is 95.0 Å². The number of hydrogen-bond donors (Lipinski definition) is 0. The lowest BCUT2D eigenvalue weighted by molar-refractivity contribution is 1.07. The highest BCUT2D eigenvalue weighted by atomic mass is 15.0. The highest BCUT2D eigenvalue weighted by Gasteiger charge is 2.20. The largest absolute Gasteiger partial charge is 0.309 e. The van der Waals surface area contributed by atoms with Crippen molar-refractivity contribution in [3.63, 3.8) is 0 Å². The van der Waals surface area contributed by atoms with Crippen LogP contribution in [0.15, 0.2) is 206 Å². The van der Waals surface area contributed by atoms with Gasteiger partial charge in [0.1, 0.15) is 0 Å². The monoisotopic (exact) mass is 702 g/mol. The van der Waals surface area contributed by atoms with E-state index in [0.717, 1.165) is 44.5 Å². The Morgan fingerprint density at radius 3 is 1.24 bits per heavy atom. The predicted octanol–water partition coefficient (Wildman–Crippen LogP) is 13.0. The van der Waals surface area contributed by atoms with E-state index in [1.807, 2.05) is 60.7 Å². The second-order valence-electron chi connectivity index (χ2n) is 13.7. The van der Waals surface area contributed by atoms with Crippen molar-refractivity contribution >= 4 is 21.8 Å². The summed E-state index contributed by atoms with van der Waals surface area (Å²) in [6.45, 7) is 0. The second-order valence-corrected chi connectivity index (χ2v) is 13.7. The van der Waals surface area contributed by atoms with Crippen LogP contribution in [0, 0.1) is 0 Å². The van der Waals surface area contributed by atoms with E-state index in [4.69, 9.17) is 15.0 Å². The van der Waals surface area contributed by atoms with Gasteiger partial charge in [-0.2, -0.15) is 0 Å². The summed E-state index contributed by atoms with van der Waals surface area (Å²) in [5.41, 5.74) is 13.3. The fourth-order valence-corrected chi connectivity index (χ4v) is 7.57. The summed E-state index contributed by atoms with van der Waals surface area (Å²) >= 11 is 0. The van der Waals surface area contributed by atoms with Crippen molar-refractivity contribution in [1.29, 1.82) is 0 Å². The van der Waals surface area contributed by atoms with Crippen LogP contribution in [0.1, 0.15) is 0 Å². The summed E-state index contributed by atoms with van der Waals surface area (Å²) in [7, 11) is 0. The lowest BCUT2D eigenvalue weighted by Crippen LogP contribution is -2.00. The summed E-state index contributed by atoms with van der Waals surface area (Å²) in [5.74, 6) is 1.93. The molecule has 258 valence electrons. The molecule has 2 heterocycles. The van der Waals surface area contributed by atoms with E-state index in [2.05, 4.69) is 150 Å². The lowest BCUT2D eigenvalue weighted by atomic mass is 9.93. The molecule has 4 nitrogen and oxygen atoms in total. The summed E-state index contributed by atoms with van der Waals surface area (Å²) in [5, 5.41) is 2.42. The first kappa shape index (κ1) is 32.2. The number of rotatable bonds is 7. The first-order valence-corrected chi connectivity index (χ1v) is 18.5. The van der Waals surface area contributed by atoms with Gasteiger partial charge in [0, 0.05) is 33.2 Å². The van der Waals surface area contributed by atoms with Crippen LogP contribution >= 0.6 is 0 Å². The Morgan fingerprint density at radius 2 is 0.709 bits per heavy atom. The Kier molecular flexibility index (Phi) is 8.12. The van der Waals surface area contributed by atoms with Crippen molar-refractivity contribution in [1.82, 2.24) is 19.5 Å². The van der Waals surface area contributed by atoms with E-state index in [1.165, 1.54) is 33.0 Å². The number of aromatic nitrogens is 4. The molecule has 0 aliphatic rings. The minimum atomic E-state index is 0.635. The quantitative estimate of drug-likeness (QED) is 0.166. The Labute approximate surface area is 319 Å². The third kappa shape index (κ3) is 6.06. The van der Waals surface area contributed by atoms with E-state index >= 15 is 0 Å². The van der Waals surface area contributed by atoms with Gasteiger partial charge in [0.2, 0.25) is 0 Å². The highest BCUT2D eigenvalue weighted by molar-refractivity contribution is 6.17. The molecule has 0 atom stereocenters. The van der Waals surface area contributed by atoms with Crippen LogP contribution in [-0.4, -0.2) is 19.5 Å². The zero-order chi connectivity index (χ0) is 36.6. The smallest absolute Gasteiger partial charge is 0.164 e. The Bertz CT molecular complexity index is 2870. The molecule has 8 aromatic carbocycles. The second kappa shape index (κ2) is 13.8. The van der Waals surface area contributed by atoms with Crippen molar-refractivity contribution in [3.05, 3.63) is 206 Å². The SMILES string of the molecule is c1ccc(-c2ccc3c(c2)c2c(-c4ccc(-c5nc(-c6ccccc6)nc(-c6ccccc6)n5)cc4)cc(-c4ccccc4)cc2n3-c2ccccc2)cc1. The fourth-order valence-electron chi connectivity index (χ4n) is 7.57. The van der Waals surface area contributed by atoms with Crippen molar-refractivity contribution in [2.75, 3.05) is 0 Å². The van der Waals surface area contributed by atoms with Crippen LogP contribution in [-0.2, 0) is 0 Å². The summed E-state index contributed by atoms with van der Waals surface area (Å²) in [4.78, 5) is 14.9. The van der Waals surface area contributed by atoms with Crippen molar-refractivity contribution < 1.29 is 0 Å². The Balaban J connectivity index is 1.19. The molecule has 0 spiro atoms. The minimum absolute atomic E-state index is 0.635. The molecule has 0 bridgehead atoms. The van der Waals surface area contributed by atoms with E-state index in [1.54, 1.807) is 0 Å². The molecule has 0 N–H and O–H groups in total. The molecule has 10 rings (SSSR count). The van der Waals surface area contributed by atoms with Crippen LogP contribution in [0.2, 0.25) is 0 Å². The zero-order valence-corrected chi connectivity index (χ0v) is 29.9. The standard InChI is InChI=1S/C51H34N4/c1-6-16-35(17-7-1)41-30-31-46-45(32-41)48-44(33-42(36-18-8-2-9-19-36)34-47(48)55(46)43-24-14-5-15-25-43)37-26-28-40(29-27-37)51-53-49(38-20-10-3-11-21-38)52-50(54-51)39-22-12-4-13-23-39/h1-34H. The van der Waals surface area contributed by atoms with E-state index < -0.39 is 0 Å². The van der Waals surface area contributed by atoms with Gasteiger partial charge < -0.3 is 4.57 Å². The molecule has 4 heteroatoms. The lowest BCUT2D eigenvalue weighted by Gasteiger charge is -2.13. The maximum atomic E-state index is 5.00. The zero-order valence-electron chi connectivity index (χ0n) is 29.9. The molecule has 0 amide bonds. The molecule has 10 aromatic rings. The first-order valence-electron chi connectivity index (χ1n) is 18.5. The molecule has 0 radical (unpaired) electrons. The van der Waals surface area contributed by atoms with Crippen LogP contribution in [0.5, 0.6) is 0 Å². The fraction of sp³-hybridized carbons (Fsp3) is 0. The van der Waals surface area contributed by atoms with Gasteiger partial charge in [-0.05, 0) is 69.8 Å². The average molecular weight is 703 g/mol.